The van der Waals surface area contributed by atoms with Crippen LogP contribution in [0.3, 0.4) is 0 Å². The second kappa shape index (κ2) is 12.6. The highest BCUT2D eigenvalue weighted by Gasteiger charge is 2.39. The van der Waals surface area contributed by atoms with Crippen LogP contribution < -0.4 is 5.32 Å². The zero-order chi connectivity index (χ0) is 28.9. The Balaban J connectivity index is 1.28. The Kier molecular flexibility index (Phi) is 8.69. The number of carbonyl (C=O) groups excluding carboxylic acids is 2. The average molecular weight is 557 g/mol. The maximum Gasteiger partial charge on any atom is 0.407 e. The van der Waals surface area contributed by atoms with Crippen molar-refractivity contribution in [1.29, 1.82) is 0 Å². The number of carboxylic acids is 1. The summed E-state index contributed by atoms with van der Waals surface area (Å²) in [7, 11) is 0. The summed E-state index contributed by atoms with van der Waals surface area (Å²) in [5.74, 6) is -1.41. The van der Waals surface area contributed by atoms with Gasteiger partial charge in [-0.25, -0.2) is 4.79 Å². The normalized spacial score (nSPS) is 19.2. The molecule has 3 aromatic rings. The molecule has 1 aliphatic carbocycles. The largest absolute Gasteiger partial charge is 0.481 e. The van der Waals surface area contributed by atoms with E-state index in [2.05, 4.69) is 29.6 Å². The van der Waals surface area contributed by atoms with Crippen molar-refractivity contribution in [2.24, 2.45) is 11.8 Å². The van der Waals surface area contributed by atoms with Crippen molar-refractivity contribution >= 4 is 18.0 Å². The van der Waals surface area contributed by atoms with Gasteiger partial charge in [0.1, 0.15) is 12.6 Å². The highest BCUT2D eigenvalue weighted by atomic mass is 16.5. The van der Waals surface area contributed by atoms with Crippen LogP contribution in [-0.4, -0.2) is 59.8 Å². The first kappa shape index (κ1) is 28.4. The first-order valence-corrected chi connectivity index (χ1v) is 14.1. The first-order chi connectivity index (χ1) is 19.8. The van der Waals surface area contributed by atoms with Crippen molar-refractivity contribution in [3.8, 4) is 11.1 Å². The Morgan fingerprint density at radius 2 is 1.54 bits per heavy atom. The lowest BCUT2D eigenvalue weighted by Crippen LogP contribution is -2.54. The number of carbonyl (C=O) groups is 3. The van der Waals surface area contributed by atoms with Gasteiger partial charge in [0.05, 0.1) is 19.1 Å². The quantitative estimate of drug-likeness (QED) is 0.361. The minimum absolute atomic E-state index is 0.00448. The summed E-state index contributed by atoms with van der Waals surface area (Å²) in [5.41, 5.74) is 5.41. The number of carboxylic acid groups (broad SMARTS) is 1. The molecule has 8 nitrogen and oxygen atoms in total. The standard InChI is InChI=1S/C33H36N2O6/c1-21-17-35(18-24(21)16-30(36)37)32(38)31(22(2)40-19-23-10-4-3-5-11-23)34-33(39)41-20-29-27-14-8-6-12-25(27)26-13-7-9-15-28(26)29/h3-15,21-22,24,29,31H,16-20H2,1-2H3,(H,34,39)(H,36,37). The summed E-state index contributed by atoms with van der Waals surface area (Å²) < 4.78 is 11.8. The summed E-state index contributed by atoms with van der Waals surface area (Å²) in [6.45, 7) is 4.84. The van der Waals surface area contributed by atoms with E-state index >= 15 is 0 Å². The number of benzene rings is 3. The molecule has 0 bridgehead atoms. The molecule has 0 aromatic heterocycles. The third kappa shape index (κ3) is 6.43. The predicted molar refractivity (Wildman–Crippen MR) is 154 cm³/mol. The average Bonchev–Trinajstić information content (AvgIpc) is 3.50. The fourth-order valence-corrected chi connectivity index (χ4v) is 5.95. The van der Waals surface area contributed by atoms with Gasteiger partial charge in [-0.15, -0.1) is 0 Å². The van der Waals surface area contributed by atoms with Crippen LogP contribution in [0.2, 0.25) is 0 Å². The lowest BCUT2D eigenvalue weighted by molar-refractivity contribution is -0.139. The minimum Gasteiger partial charge on any atom is -0.481 e. The monoisotopic (exact) mass is 556 g/mol. The number of nitrogens with one attached hydrogen (secondary N) is 1. The van der Waals surface area contributed by atoms with E-state index in [9.17, 15) is 19.5 Å². The van der Waals surface area contributed by atoms with Crippen LogP contribution in [0.4, 0.5) is 4.79 Å². The number of hydrogen-bond acceptors (Lipinski definition) is 5. The van der Waals surface area contributed by atoms with E-state index in [-0.39, 0.29) is 43.3 Å². The Morgan fingerprint density at radius 3 is 2.17 bits per heavy atom. The van der Waals surface area contributed by atoms with Crippen molar-refractivity contribution in [2.45, 2.75) is 44.9 Å². The zero-order valence-corrected chi connectivity index (χ0v) is 23.4. The van der Waals surface area contributed by atoms with Crippen LogP contribution >= 0.6 is 0 Å². The van der Waals surface area contributed by atoms with Crippen LogP contribution in [0.5, 0.6) is 0 Å². The van der Waals surface area contributed by atoms with Crippen LogP contribution in [-0.2, 0) is 25.7 Å². The molecule has 8 heteroatoms. The summed E-state index contributed by atoms with van der Waals surface area (Å²) in [6.07, 6.45) is -1.36. The van der Waals surface area contributed by atoms with Gasteiger partial charge in [0.2, 0.25) is 5.91 Å². The SMILES string of the molecule is CC1CN(C(=O)C(NC(=O)OCC2c3ccccc3-c3ccccc32)C(C)OCc2ccccc2)CC1CC(=O)O. The minimum atomic E-state index is -0.995. The third-order valence-electron chi connectivity index (χ3n) is 8.22. The fourth-order valence-electron chi connectivity index (χ4n) is 5.95. The molecule has 0 radical (unpaired) electrons. The number of nitrogens with zero attached hydrogens (tertiary/aromatic N) is 1. The summed E-state index contributed by atoms with van der Waals surface area (Å²) in [5, 5.41) is 12.1. The molecule has 1 aliphatic heterocycles. The van der Waals surface area contributed by atoms with Crippen molar-refractivity contribution in [3.05, 3.63) is 95.6 Å². The Bertz CT molecular complexity index is 1350. The van der Waals surface area contributed by atoms with E-state index in [1.807, 2.05) is 61.5 Å². The first-order valence-electron chi connectivity index (χ1n) is 14.1. The third-order valence-corrected chi connectivity index (χ3v) is 8.22. The molecule has 1 saturated heterocycles. The Morgan fingerprint density at radius 1 is 0.927 bits per heavy atom. The smallest absolute Gasteiger partial charge is 0.407 e. The van der Waals surface area contributed by atoms with Gasteiger partial charge in [0.15, 0.2) is 0 Å². The van der Waals surface area contributed by atoms with E-state index in [1.165, 1.54) is 0 Å². The molecule has 4 unspecified atom stereocenters. The molecular weight excluding hydrogens is 520 g/mol. The Labute approximate surface area is 240 Å². The lowest BCUT2D eigenvalue weighted by atomic mass is 9.95. The van der Waals surface area contributed by atoms with Gasteiger partial charge in [0.25, 0.3) is 0 Å². The molecule has 1 heterocycles. The molecular formula is C33H36N2O6. The number of rotatable bonds is 10. The molecule has 2 aliphatic rings. The maximum absolute atomic E-state index is 13.7. The molecule has 0 saturated carbocycles. The van der Waals surface area contributed by atoms with Crippen LogP contribution in [0.15, 0.2) is 78.9 Å². The van der Waals surface area contributed by atoms with E-state index < -0.39 is 24.2 Å². The van der Waals surface area contributed by atoms with Gasteiger partial charge in [-0.05, 0) is 46.6 Å². The molecule has 0 spiro atoms. The summed E-state index contributed by atoms with van der Waals surface area (Å²) in [6, 6.07) is 24.8. The summed E-state index contributed by atoms with van der Waals surface area (Å²) in [4.78, 5) is 39.9. The van der Waals surface area contributed by atoms with E-state index in [1.54, 1.807) is 11.8 Å². The van der Waals surface area contributed by atoms with Crippen LogP contribution in [0, 0.1) is 11.8 Å². The van der Waals surface area contributed by atoms with Gasteiger partial charge in [-0.2, -0.15) is 0 Å². The topological polar surface area (TPSA) is 105 Å². The molecule has 2 N–H and O–H groups in total. The zero-order valence-electron chi connectivity index (χ0n) is 23.4. The number of aliphatic carboxylic acids is 1. The second-order valence-corrected chi connectivity index (χ2v) is 11.0. The summed E-state index contributed by atoms with van der Waals surface area (Å²) >= 11 is 0. The number of amides is 2. The van der Waals surface area contributed by atoms with Crippen molar-refractivity contribution in [3.63, 3.8) is 0 Å². The fraction of sp³-hybridized carbons (Fsp3) is 0.364. The molecule has 4 atom stereocenters. The molecule has 2 amide bonds. The van der Waals surface area contributed by atoms with Gasteiger partial charge in [-0.3, -0.25) is 9.59 Å². The molecule has 214 valence electrons. The Hall–Kier alpha value is -4.17. The number of ether oxygens (including phenoxy) is 2. The number of hydrogen-bond donors (Lipinski definition) is 2. The van der Waals surface area contributed by atoms with Gasteiger partial charge in [0, 0.05) is 19.0 Å². The number of likely N-dealkylation sites (tertiary alicyclic amines) is 1. The van der Waals surface area contributed by atoms with E-state index in [4.69, 9.17) is 9.47 Å². The van der Waals surface area contributed by atoms with Gasteiger partial charge >= 0.3 is 12.1 Å². The van der Waals surface area contributed by atoms with Gasteiger partial charge in [-0.1, -0.05) is 85.8 Å². The molecule has 1 fully saturated rings. The van der Waals surface area contributed by atoms with Crippen LogP contribution in [0.1, 0.15) is 42.9 Å². The number of fused-ring (bicyclic) bond motifs is 3. The number of alkyl carbamates (subject to hydrolysis) is 1. The lowest BCUT2D eigenvalue weighted by Gasteiger charge is -2.29. The van der Waals surface area contributed by atoms with Crippen molar-refractivity contribution in [1.82, 2.24) is 10.2 Å². The van der Waals surface area contributed by atoms with Gasteiger partial charge < -0.3 is 24.8 Å². The predicted octanol–water partition coefficient (Wildman–Crippen LogP) is 5.07. The second-order valence-electron chi connectivity index (χ2n) is 11.0. The highest BCUT2D eigenvalue weighted by Crippen LogP contribution is 2.44. The van der Waals surface area contributed by atoms with Crippen LogP contribution in [0.25, 0.3) is 11.1 Å². The van der Waals surface area contributed by atoms with Crippen molar-refractivity contribution < 1.29 is 29.0 Å². The molecule has 41 heavy (non-hydrogen) atoms. The molecule has 5 rings (SSSR count). The van der Waals surface area contributed by atoms with Crippen molar-refractivity contribution in [2.75, 3.05) is 19.7 Å². The maximum atomic E-state index is 13.7. The van der Waals surface area contributed by atoms with E-state index in [0.717, 1.165) is 27.8 Å². The highest BCUT2D eigenvalue weighted by molar-refractivity contribution is 5.87. The molecule has 3 aromatic carbocycles. The van der Waals surface area contributed by atoms with E-state index in [0.29, 0.717) is 13.1 Å².